The van der Waals surface area contributed by atoms with E-state index in [4.69, 9.17) is 9.47 Å². The first-order chi connectivity index (χ1) is 9.65. The number of para-hydroxylation sites is 1. The number of rotatable bonds is 5. The van der Waals surface area contributed by atoms with Crippen molar-refractivity contribution < 1.29 is 9.47 Å². The third kappa shape index (κ3) is 3.55. The molecule has 106 valence electrons. The van der Waals surface area contributed by atoms with Gasteiger partial charge in [-0.05, 0) is 41.8 Å². The van der Waals surface area contributed by atoms with Crippen LogP contribution in [0.5, 0.6) is 11.5 Å². The maximum absolute atomic E-state index is 5.40. The molecule has 1 unspecified atom stereocenters. The molecular formula is C16H16Br2O2. The van der Waals surface area contributed by atoms with Gasteiger partial charge in [-0.2, -0.15) is 0 Å². The highest BCUT2D eigenvalue weighted by Gasteiger charge is 2.15. The average molecular weight is 400 g/mol. The molecule has 4 heteroatoms. The van der Waals surface area contributed by atoms with Crippen molar-refractivity contribution in [3.8, 4) is 11.5 Å². The minimum absolute atomic E-state index is 0.184. The van der Waals surface area contributed by atoms with Crippen LogP contribution < -0.4 is 9.47 Å². The molecule has 2 aromatic carbocycles. The molecular weight excluding hydrogens is 384 g/mol. The van der Waals surface area contributed by atoms with Crippen molar-refractivity contribution in [2.45, 2.75) is 11.2 Å². The lowest BCUT2D eigenvalue weighted by molar-refractivity contribution is 0.409. The predicted molar refractivity (Wildman–Crippen MR) is 89.1 cm³/mol. The van der Waals surface area contributed by atoms with Gasteiger partial charge in [0, 0.05) is 9.30 Å². The zero-order chi connectivity index (χ0) is 14.5. The summed E-state index contributed by atoms with van der Waals surface area (Å²) in [4.78, 5) is 0.184. The second-order valence-electron chi connectivity index (χ2n) is 4.37. The molecule has 0 radical (unpaired) electrons. The van der Waals surface area contributed by atoms with Gasteiger partial charge in [0.15, 0.2) is 0 Å². The van der Waals surface area contributed by atoms with Gasteiger partial charge in [0.25, 0.3) is 0 Å². The Morgan fingerprint density at radius 1 is 1.05 bits per heavy atom. The highest BCUT2D eigenvalue weighted by molar-refractivity contribution is 9.11. The van der Waals surface area contributed by atoms with E-state index in [0.717, 1.165) is 28.0 Å². The van der Waals surface area contributed by atoms with Crippen molar-refractivity contribution in [3.63, 3.8) is 0 Å². The van der Waals surface area contributed by atoms with Gasteiger partial charge in [-0.1, -0.05) is 50.1 Å². The van der Waals surface area contributed by atoms with E-state index in [2.05, 4.69) is 37.9 Å². The van der Waals surface area contributed by atoms with Gasteiger partial charge in [0.05, 0.1) is 14.2 Å². The maximum atomic E-state index is 5.40. The minimum atomic E-state index is 0.184. The third-order valence-electron chi connectivity index (χ3n) is 3.13. The molecule has 0 aromatic heterocycles. The lowest BCUT2D eigenvalue weighted by atomic mass is 10.0. The van der Waals surface area contributed by atoms with E-state index in [9.17, 15) is 0 Å². The van der Waals surface area contributed by atoms with Crippen LogP contribution in [-0.4, -0.2) is 14.2 Å². The second-order valence-corrected chi connectivity index (χ2v) is 6.33. The summed E-state index contributed by atoms with van der Waals surface area (Å²) in [6, 6.07) is 14.1. The minimum Gasteiger partial charge on any atom is -0.497 e. The Kier molecular flexibility index (Phi) is 5.49. The molecule has 2 nitrogen and oxygen atoms in total. The van der Waals surface area contributed by atoms with Gasteiger partial charge < -0.3 is 9.47 Å². The van der Waals surface area contributed by atoms with Crippen molar-refractivity contribution in [2.75, 3.05) is 14.2 Å². The Labute approximate surface area is 136 Å². The van der Waals surface area contributed by atoms with Crippen LogP contribution in [0.2, 0.25) is 0 Å². The first kappa shape index (κ1) is 15.4. The van der Waals surface area contributed by atoms with Gasteiger partial charge in [0.1, 0.15) is 11.5 Å². The predicted octanol–water partition coefficient (Wildman–Crippen LogP) is 5.15. The van der Waals surface area contributed by atoms with E-state index in [1.807, 2.05) is 36.4 Å². The summed E-state index contributed by atoms with van der Waals surface area (Å²) in [6.45, 7) is 0. The molecule has 2 aromatic rings. The molecule has 20 heavy (non-hydrogen) atoms. The van der Waals surface area contributed by atoms with Gasteiger partial charge in [0.2, 0.25) is 0 Å². The van der Waals surface area contributed by atoms with E-state index in [-0.39, 0.29) is 4.83 Å². The highest BCUT2D eigenvalue weighted by atomic mass is 79.9. The summed E-state index contributed by atoms with van der Waals surface area (Å²) in [5.74, 6) is 1.77. The third-order valence-corrected chi connectivity index (χ3v) is 4.67. The monoisotopic (exact) mass is 398 g/mol. The highest BCUT2D eigenvalue weighted by Crippen LogP contribution is 2.36. The van der Waals surface area contributed by atoms with Crippen molar-refractivity contribution in [3.05, 3.63) is 58.1 Å². The molecule has 0 saturated heterocycles. The zero-order valence-electron chi connectivity index (χ0n) is 11.4. The topological polar surface area (TPSA) is 18.5 Å². The van der Waals surface area contributed by atoms with Crippen LogP contribution in [-0.2, 0) is 6.42 Å². The lowest BCUT2D eigenvalue weighted by Crippen LogP contribution is -1.99. The Bertz CT molecular complexity index is 584. The first-order valence-electron chi connectivity index (χ1n) is 6.25. The Hall–Kier alpha value is -1.00. The molecule has 0 spiro atoms. The molecule has 0 aliphatic heterocycles. The van der Waals surface area contributed by atoms with Crippen LogP contribution in [0.3, 0.4) is 0 Å². The van der Waals surface area contributed by atoms with Gasteiger partial charge >= 0.3 is 0 Å². The largest absolute Gasteiger partial charge is 0.497 e. The van der Waals surface area contributed by atoms with Gasteiger partial charge in [-0.3, -0.25) is 0 Å². The summed E-state index contributed by atoms with van der Waals surface area (Å²) in [7, 11) is 3.38. The number of hydrogen-bond acceptors (Lipinski definition) is 2. The van der Waals surface area contributed by atoms with E-state index in [0.29, 0.717) is 0 Å². The number of hydrogen-bond donors (Lipinski definition) is 0. The fourth-order valence-electron chi connectivity index (χ4n) is 2.06. The van der Waals surface area contributed by atoms with Crippen molar-refractivity contribution in [1.29, 1.82) is 0 Å². The molecule has 1 atom stereocenters. The van der Waals surface area contributed by atoms with Gasteiger partial charge in [-0.15, -0.1) is 0 Å². The number of benzene rings is 2. The molecule has 2 rings (SSSR count). The number of methoxy groups -OCH3 is 2. The molecule has 0 N–H and O–H groups in total. The van der Waals surface area contributed by atoms with Crippen LogP contribution in [0.4, 0.5) is 0 Å². The maximum Gasteiger partial charge on any atom is 0.122 e. The Morgan fingerprint density at radius 2 is 1.80 bits per heavy atom. The fourth-order valence-corrected chi connectivity index (χ4v) is 3.62. The molecule has 0 aliphatic carbocycles. The van der Waals surface area contributed by atoms with E-state index in [1.165, 1.54) is 5.56 Å². The zero-order valence-corrected chi connectivity index (χ0v) is 14.6. The SMILES string of the molecule is COc1ccc(Br)c(C(Br)Cc2ccccc2OC)c1. The normalized spacial score (nSPS) is 12.0. The summed E-state index contributed by atoms with van der Waals surface area (Å²) in [6.07, 6.45) is 0.843. The number of ether oxygens (including phenoxy) is 2. The Morgan fingerprint density at radius 3 is 2.50 bits per heavy atom. The molecule has 0 heterocycles. The Balaban J connectivity index is 2.25. The molecule has 0 bridgehead atoms. The van der Waals surface area contributed by atoms with Crippen LogP contribution in [0, 0.1) is 0 Å². The van der Waals surface area contributed by atoms with E-state index >= 15 is 0 Å². The van der Waals surface area contributed by atoms with Crippen LogP contribution in [0.25, 0.3) is 0 Å². The van der Waals surface area contributed by atoms with E-state index < -0.39 is 0 Å². The summed E-state index contributed by atoms with van der Waals surface area (Å²) in [5, 5.41) is 0. The molecule has 0 aliphatic rings. The van der Waals surface area contributed by atoms with Crippen LogP contribution >= 0.6 is 31.9 Å². The lowest BCUT2D eigenvalue weighted by Gasteiger charge is -2.15. The molecule has 0 amide bonds. The second kappa shape index (κ2) is 7.14. The number of alkyl halides is 1. The average Bonchev–Trinajstić information content (AvgIpc) is 2.48. The summed E-state index contributed by atoms with van der Waals surface area (Å²) in [5.41, 5.74) is 2.34. The van der Waals surface area contributed by atoms with Gasteiger partial charge in [-0.25, -0.2) is 0 Å². The number of halogens is 2. The van der Waals surface area contributed by atoms with Crippen molar-refractivity contribution >= 4 is 31.9 Å². The quantitative estimate of drug-likeness (QED) is 0.647. The summed E-state index contributed by atoms with van der Waals surface area (Å²) < 4.78 is 11.8. The fraction of sp³-hybridized carbons (Fsp3) is 0.250. The summed E-state index contributed by atoms with van der Waals surface area (Å²) >= 11 is 7.35. The van der Waals surface area contributed by atoms with Crippen molar-refractivity contribution in [2.24, 2.45) is 0 Å². The van der Waals surface area contributed by atoms with E-state index in [1.54, 1.807) is 14.2 Å². The van der Waals surface area contributed by atoms with Crippen LogP contribution in [0.1, 0.15) is 16.0 Å². The first-order valence-corrected chi connectivity index (χ1v) is 7.96. The molecule has 0 fully saturated rings. The van der Waals surface area contributed by atoms with Crippen LogP contribution in [0.15, 0.2) is 46.9 Å². The standard InChI is InChI=1S/C16H16Br2O2/c1-19-12-7-8-14(17)13(10-12)15(18)9-11-5-3-4-6-16(11)20-2/h3-8,10,15H,9H2,1-2H3. The smallest absolute Gasteiger partial charge is 0.122 e. The molecule has 0 saturated carbocycles. The van der Waals surface area contributed by atoms with Crippen molar-refractivity contribution in [1.82, 2.24) is 0 Å².